The quantitative estimate of drug-likeness (QED) is 0.784. The van der Waals surface area contributed by atoms with Crippen LogP contribution in [-0.2, 0) is 11.8 Å². The van der Waals surface area contributed by atoms with Crippen molar-refractivity contribution in [1.82, 2.24) is 19.7 Å². The predicted octanol–water partition coefficient (Wildman–Crippen LogP) is 2.53. The van der Waals surface area contributed by atoms with Gasteiger partial charge in [-0.1, -0.05) is 0 Å². The van der Waals surface area contributed by atoms with Gasteiger partial charge < -0.3 is 10.1 Å². The summed E-state index contributed by atoms with van der Waals surface area (Å²) in [6, 6.07) is 4.00. The zero-order valence-electron chi connectivity index (χ0n) is 12.2. The molecule has 7 heteroatoms. The van der Waals surface area contributed by atoms with Crippen molar-refractivity contribution in [2.75, 3.05) is 19.0 Å². The molecular weight excluding hydrogens is 286 g/mol. The van der Waals surface area contributed by atoms with E-state index in [-0.39, 0.29) is 6.04 Å². The van der Waals surface area contributed by atoms with Gasteiger partial charge in [-0.05, 0) is 24.4 Å². The van der Waals surface area contributed by atoms with E-state index in [0.29, 0.717) is 6.61 Å². The lowest BCUT2D eigenvalue weighted by Crippen LogP contribution is -2.20. The van der Waals surface area contributed by atoms with Crippen molar-refractivity contribution in [3.05, 3.63) is 35.2 Å². The van der Waals surface area contributed by atoms with Crippen LogP contribution in [0.2, 0.25) is 0 Å². The number of aromatic nitrogens is 4. The second-order valence-corrected chi connectivity index (χ2v) is 5.69. The van der Waals surface area contributed by atoms with E-state index in [9.17, 15) is 0 Å². The van der Waals surface area contributed by atoms with Crippen molar-refractivity contribution in [3.63, 3.8) is 0 Å². The second kappa shape index (κ2) is 5.79. The van der Waals surface area contributed by atoms with Gasteiger partial charge in [-0.3, -0.25) is 4.68 Å². The zero-order valence-corrected chi connectivity index (χ0v) is 13.0. The summed E-state index contributed by atoms with van der Waals surface area (Å²) in [7, 11) is 3.61. The Morgan fingerprint density at radius 2 is 2.24 bits per heavy atom. The van der Waals surface area contributed by atoms with E-state index in [4.69, 9.17) is 4.74 Å². The first-order valence-electron chi connectivity index (χ1n) is 6.64. The average molecular weight is 303 g/mol. The number of hydrogen-bond donors (Lipinski definition) is 1. The number of thiophene rings is 1. The van der Waals surface area contributed by atoms with Crippen molar-refractivity contribution >= 4 is 27.4 Å². The number of fused-ring (bicyclic) bond motifs is 1. The van der Waals surface area contributed by atoms with Crippen LogP contribution in [0.4, 0.5) is 5.82 Å². The van der Waals surface area contributed by atoms with Crippen molar-refractivity contribution in [2.45, 2.75) is 13.0 Å². The van der Waals surface area contributed by atoms with Crippen LogP contribution < -0.4 is 5.32 Å². The third kappa shape index (κ3) is 2.74. The highest BCUT2D eigenvalue weighted by atomic mass is 32.1. The van der Waals surface area contributed by atoms with Crippen molar-refractivity contribution in [1.29, 1.82) is 0 Å². The molecule has 0 saturated carbocycles. The molecule has 0 bridgehead atoms. The maximum atomic E-state index is 5.33. The number of aryl methyl sites for hydroxylation is 2. The summed E-state index contributed by atoms with van der Waals surface area (Å²) in [5.41, 5.74) is 1.05. The Hall–Kier alpha value is -1.99. The van der Waals surface area contributed by atoms with E-state index in [0.717, 1.165) is 27.6 Å². The highest BCUT2D eigenvalue weighted by Crippen LogP contribution is 2.28. The molecule has 3 aromatic rings. The summed E-state index contributed by atoms with van der Waals surface area (Å²) < 4.78 is 7.18. The van der Waals surface area contributed by atoms with Crippen LogP contribution in [0.15, 0.2) is 23.7 Å². The lowest BCUT2D eigenvalue weighted by atomic mass is 10.2. The Morgan fingerprint density at radius 3 is 2.95 bits per heavy atom. The SMILES string of the molecule is COCC(Nc1nc(C)nc2sccc12)c1ccnn1C. The molecule has 3 aromatic heterocycles. The van der Waals surface area contributed by atoms with Gasteiger partial charge in [0.05, 0.1) is 23.7 Å². The van der Waals surface area contributed by atoms with E-state index in [1.807, 2.05) is 36.2 Å². The minimum absolute atomic E-state index is 0.0140. The van der Waals surface area contributed by atoms with Crippen LogP contribution in [0.1, 0.15) is 17.6 Å². The van der Waals surface area contributed by atoms with Crippen LogP contribution in [0.5, 0.6) is 0 Å². The summed E-state index contributed by atoms with van der Waals surface area (Å²) in [5, 5.41) is 10.7. The van der Waals surface area contributed by atoms with Crippen LogP contribution >= 0.6 is 11.3 Å². The molecule has 21 heavy (non-hydrogen) atoms. The van der Waals surface area contributed by atoms with Crippen molar-refractivity contribution in [2.24, 2.45) is 7.05 Å². The molecule has 3 heterocycles. The number of anilines is 1. The normalized spacial score (nSPS) is 12.7. The highest BCUT2D eigenvalue weighted by Gasteiger charge is 2.17. The summed E-state index contributed by atoms with van der Waals surface area (Å²) >= 11 is 1.62. The average Bonchev–Trinajstić information content (AvgIpc) is 3.06. The molecule has 0 radical (unpaired) electrons. The van der Waals surface area contributed by atoms with Gasteiger partial charge in [-0.25, -0.2) is 9.97 Å². The number of hydrogen-bond acceptors (Lipinski definition) is 6. The standard InChI is InChI=1S/C14H17N5OS/c1-9-16-13(10-5-7-21-14(10)17-9)18-11(8-20-3)12-4-6-15-19(12)2/h4-7,11H,8H2,1-3H3,(H,16,17,18). The summed E-state index contributed by atoms with van der Waals surface area (Å²) in [4.78, 5) is 9.97. The highest BCUT2D eigenvalue weighted by molar-refractivity contribution is 7.16. The maximum absolute atomic E-state index is 5.33. The molecule has 0 saturated heterocycles. The summed E-state index contributed by atoms with van der Waals surface area (Å²) in [6.45, 7) is 2.44. The molecule has 1 N–H and O–H groups in total. The third-order valence-corrected chi connectivity index (χ3v) is 4.10. The molecule has 6 nitrogen and oxygen atoms in total. The first-order valence-corrected chi connectivity index (χ1v) is 7.52. The molecule has 0 aliphatic rings. The topological polar surface area (TPSA) is 64.9 Å². The first kappa shape index (κ1) is 14.0. The lowest BCUT2D eigenvalue weighted by molar-refractivity contribution is 0.184. The minimum Gasteiger partial charge on any atom is -0.382 e. The zero-order chi connectivity index (χ0) is 14.8. The van der Waals surface area contributed by atoms with Gasteiger partial charge in [0.1, 0.15) is 16.5 Å². The van der Waals surface area contributed by atoms with E-state index < -0.39 is 0 Å². The van der Waals surface area contributed by atoms with Gasteiger partial charge in [-0.2, -0.15) is 5.10 Å². The van der Waals surface area contributed by atoms with Crippen LogP contribution in [0.3, 0.4) is 0 Å². The van der Waals surface area contributed by atoms with Gasteiger partial charge in [0, 0.05) is 20.4 Å². The molecule has 3 rings (SSSR count). The number of ether oxygens (including phenoxy) is 1. The summed E-state index contributed by atoms with van der Waals surface area (Å²) in [5.74, 6) is 1.59. The van der Waals surface area contributed by atoms with E-state index in [1.165, 1.54) is 0 Å². The fraction of sp³-hybridized carbons (Fsp3) is 0.357. The van der Waals surface area contributed by atoms with E-state index in [1.54, 1.807) is 24.6 Å². The van der Waals surface area contributed by atoms with Gasteiger partial charge >= 0.3 is 0 Å². The first-order chi connectivity index (χ1) is 10.2. The van der Waals surface area contributed by atoms with Crippen molar-refractivity contribution < 1.29 is 4.74 Å². The molecule has 1 unspecified atom stereocenters. The Labute approximate surface area is 126 Å². The van der Waals surface area contributed by atoms with Gasteiger partial charge in [0.25, 0.3) is 0 Å². The molecule has 0 fully saturated rings. The van der Waals surface area contributed by atoms with E-state index >= 15 is 0 Å². The minimum atomic E-state index is -0.0140. The van der Waals surface area contributed by atoms with Crippen molar-refractivity contribution in [3.8, 4) is 0 Å². The Bertz CT molecular complexity index is 751. The molecule has 0 aliphatic carbocycles. The molecular formula is C14H17N5OS. The van der Waals surface area contributed by atoms with E-state index in [2.05, 4.69) is 20.4 Å². The Balaban J connectivity index is 1.98. The fourth-order valence-electron chi connectivity index (χ4n) is 2.33. The lowest BCUT2D eigenvalue weighted by Gasteiger charge is -2.19. The van der Waals surface area contributed by atoms with Gasteiger partial charge in [0.2, 0.25) is 0 Å². The number of rotatable bonds is 5. The van der Waals surface area contributed by atoms with Gasteiger partial charge in [-0.15, -0.1) is 11.3 Å². The van der Waals surface area contributed by atoms with Gasteiger partial charge in [0.15, 0.2) is 0 Å². The summed E-state index contributed by atoms with van der Waals surface area (Å²) in [6.07, 6.45) is 1.78. The molecule has 1 atom stereocenters. The van der Waals surface area contributed by atoms with Crippen LogP contribution in [-0.4, -0.2) is 33.5 Å². The molecule has 0 spiro atoms. The molecule has 110 valence electrons. The third-order valence-electron chi connectivity index (χ3n) is 3.30. The monoisotopic (exact) mass is 303 g/mol. The number of nitrogens with zero attached hydrogens (tertiary/aromatic N) is 4. The van der Waals surface area contributed by atoms with Crippen LogP contribution in [0.25, 0.3) is 10.2 Å². The largest absolute Gasteiger partial charge is 0.382 e. The Morgan fingerprint density at radius 1 is 1.38 bits per heavy atom. The Kier molecular flexibility index (Phi) is 3.85. The van der Waals surface area contributed by atoms with Crippen LogP contribution in [0, 0.1) is 6.92 Å². The predicted molar refractivity (Wildman–Crippen MR) is 83.6 cm³/mol. The number of methoxy groups -OCH3 is 1. The second-order valence-electron chi connectivity index (χ2n) is 4.79. The smallest absolute Gasteiger partial charge is 0.139 e. The number of nitrogens with one attached hydrogen (secondary N) is 1. The maximum Gasteiger partial charge on any atom is 0.139 e. The molecule has 0 amide bonds. The molecule has 0 aliphatic heterocycles. The fourth-order valence-corrected chi connectivity index (χ4v) is 3.14. The molecule has 0 aromatic carbocycles.